The van der Waals surface area contributed by atoms with Crippen molar-refractivity contribution in [2.24, 2.45) is 5.92 Å². The zero-order valence-corrected chi connectivity index (χ0v) is 58.0. The molecule has 3 aromatic carbocycles. The molecule has 0 unspecified atom stereocenters. The van der Waals surface area contributed by atoms with E-state index in [2.05, 4.69) is 39.1 Å². The third-order valence-electron chi connectivity index (χ3n) is 18.4. The van der Waals surface area contributed by atoms with Gasteiger partial charge in [0.1, 0.15) is 24.7 Å². The van der Waals surface area contributed by atoms with Gasteiger partial charge >= 0.3 is 6.18 Å². The summed E-state index contributed by atoms with van der Waals surface area (Å²) in [7, 11) is 3.27. The monoisotopic (exact) mass is 1390 g/mol. The first-order chi connectivity index (χ1) is 47.8. The lowest BCUT2D eigenvalue weighted by Crippen LogP contribution is -2.38. The highest BCUT2D eigenvalue weighted by molar-refractivity contribution is 6.31. The van der Waals surface area contributed by atoms with Gasteiger partial charge in [-0.15, -0.1) is 0 Å². The van der Waals surface area contributed by atoms with E-state index in [1.807, 2.05) is 90.6 Å². The molecule has 19 nitrogen and oxygen atoms in total. The van der Waals surface area contributed by atoms with Crippen molar-refractivity contribution in [2.45, 2.75) is 91.2 Å². The molecular formula is C75H83Cl2F3N10O9. The van der Waals surface area contributed by atoms with Crippen LogP contribution >= 0.6 is 23.2 Å². The summed E-state index contributed by atoms with van der Waals surface area (Å²) in [5.41, 5.74) is 11.7. The number of carbonyl (C=O) groups excluding carboxylic acids is 4. The number of aromatic nitrogens is 6. The van der Waals surface area contributed by atoms with Crippen molar-refractivity contribution >= 4 is 85.1 Å². The zero-order valence-electron chi connectivity index (χ0n) is 56.5. The SMILES string of the molecule is COCCOc1cnc2c(C(=O)CN3CCC(CO)CC3)c(C)n(-c3ccc(Cl)cc3)c2c1.COCCOc1cnc2c(C(=O)CN3CCCCC3)c(C)n(-c3ccc(Cl)cc3)c2c1.[C-]#[N+]c1ccc(-n2c(C)c(C(=O)CN3CCCCC3)c3ncc(CCC(=O)C(F)(F)F)cc32)cc1. The summed E-state index contributed by atoms with van der Waals surface area (Å²) >= 11 is 12.2. The molecule has 24 heteroatoms. The fourth-order valence-corrected chi connectivity index (χ4v) is 13.5. The number of ketones is 4. The van der Waals surface area contributed by atoms with Crippen LogP contribution in [0.25, 0.3) is 55.0 Å². The molecule has 0 amide bonds. The summed E-state index contributed by atoms with van der Waals surface area (Å²) in [4.78, 5) is 75.3. The van der Waals surface area contributed by atoms with Crippen molar-refractivity contribution in [2.75, 3.05) is 106 Å². The van der Waals surface area contributed by atoms with Crippen LogP contribution in [-0.2, 0) is 20.7 Å². The predicted molar refractivity (Wildman–Crippen MR) is 378 cm³/mol. The molecule has 1 N–H and O–H groups in total. The third kappa shape index (κ3) is 18.0. The second-order valence-electron chi connectivity index (χ2n) is 25.2. The van der Waals surface area contributed by atoms with Gasteiger partial charge in [0.2, 0.25) is 5.78 Å². The van der Waals surface area contributed by atoms with E-state index in [0.29, 0.717) is 128 Å². The average Bonchev–Trinajstić information content (AvgIpc) is 1.62. The Morgan fingerprint density at radius 1 is 0.545 bits per heavy atom. The van der Waals surface area contributed by atoms with Gasteiger partial charge in [-0.2, -0.15) is 13.2 Å². The Hall–Kier alpha value is -8.37. The van der Waals surface area contributed by atoms with Crippen LogP contribution in [0.15, 0.2) is 110 Å². The molecule has 3 aliphatic rings. The third-order valence-corrected chi connectivity index (χ3v) is 18.9. The topological polar surface area (TPSA) is 193 Å². The number of rotatable bonds is 24. The fraction of sp³-hybridized carbons (Fsp3) is 0.413. The quantitative estimate of drug-likeness (QED) is 0.0341. The van der Waals surface area contributed by atoms with E-state index in [0.717, 1.165) is 118 Å². The average molecular weight is 1400 g/mol. The molecular weight excluding hydrogens is 1310 g/mol. The molecule has 0 radical (unpaired) electrons. The van der Waals surface area contributed by atoms with Crippen LogP contribution in [0.2, 0.25) is 10.0 Å². The van der Waals surface area contributed by atoms with Crippen molar-refractivity contribution in [3.05, 3.63) is 170 Å². The van der Waals surface area contributed by atoms with Crippen molar-refractivity contribution in [1.82, 2.24) is 43.4 Å². The van der Waals surface area contributed by atoms with Gasteiger partial charge in [-0.05, 0) is 183 Å². The van der Waals surface area contributed by atoms with Gasteiger partial charge in [0.25, 0.3) is 0 Å². The van der Waals surface area contributed by atoms with Crippen molar-refractivity contribution < 1.29 is 56.4 Å². The maximum Gasteiger partial charge on any atom is 0.449 e. The number of nitrogens with zero attached hydrogens (tertiary/aromatic N) is 10. The van der Waals surface area contributed by atoms with Crippen molar-refractivity contribution in [1.29, 1.82) is 0 Å². The first kappa shape index (κ1) is 73.3. The number of aliphatic hydroxyl groups excluding tert-OH is 1. The number of piperidine rings is 3. The number of Topliss-reactive ketones (excluding diaryl/α,β-unsaturated/α-hetero) is 4. The highest BCUT2D eigenvalue weighted by Gasteiger charge is 2.37. The molecule has 9 heterocycles. The highest BCUT2D eigenvalue weighted by Crippen LogP contribution is 2.36. The number of aliphatic hydroxyl groups is 1. The first-order valence-electron chi connectivity index (χ1n) is 33.5. The van der Waals surface area contributed by atoms with E-state index >= 15 is 0 Å². The van der Waals surface area contributed by atoms with Gasteiger partial charge in [0.15, 0.2) is 23.0 Å². The second kappa shape index (κ2) is 34.1. The number of ether oxygens (including phenoxy) is 4. The highest BCUT2D eigenvalue weighted by atomic mass is 35.5. The number of pyridine rings is 3. The van der Waals surface area contributed by atoms with Crippen LogP contribution in [0.3, 0.4) is 0 Å². The van der Waals surface area contributed by atoms with Crippen molar-refractivity contribution in [3.8, 4) is 28.6 Å². The van der Waals surface area contributed by atoms with Gasteiger partial charge < -0.3 is 37.8 Å². The predicted octanol–water partition coefficient (Wildman–Crippen LogP) is 14.2. The van der Waals surface area contributed by atoms with Gasteiger partial charge in [0.05, 0.1) is 102 Å². The lowest BCUT2D eigenvalue weighted by molar-refractivity contribution is -0.171. The summed E-state index contributed by atoms with van der Waals surface area (Å²) in [5.74, 6) is -0.0756. The number of methoxy groups -OCH3 is 2. The minimum Gasteiger partial charge on any atom is -0.489 e. The largest absolute Gasteiger partial charge is 0.489 e. The Kier molecular flexibility index (Phi) is 25.3. The number of aryl methyl sites for hydroxylation is 1. The molecule has 6 aromatic heterocycles. The number of alkyl halides is 3. The molecule has 0 bridgehead atoms. The number of halogens is 5. The molecule has 0 saturated carbocycles. The van der Waals surface area contributed by atoms with E-state index in [4.69, 9.17) is 48.7 Å². The number of fused-ring (bicyclic) bond motifs is 3. The molecule has 99 heavy (non-hydrogen) atoms. The number of benzene rings is 3. The normalized spacial score (nSPS) is 14.9. The minimum atomic E-state index is -4.87. The molecule has 3 fully saturated rings. The van der Waals surface area contributed by atoms with E-state index in [1.165, 1.54) is 12.6 Å². The number of hydrogen-bond acceptors (Lipinski definition) is 15. The van der Waals surface area contributed by atoms with Crippen LogP contribution in [-0.4, -0.2) is 184 Å². The Balaban J connectivity index is 0.000000161. The Bertz CT molecular complexity index is 4340. The van der Waals surface area contributed by atoms with Crippen LogP contribution in [0.5, 0.6) is 11.5 Å². The summed E-state index contributed by atoms with van der Waals surface area (Å²) in [6.07, 6.45) is 7.77. The number of likely N-dealkylation sites (tertiary alicyclic amines) is 3. The Morgan fingerprint density at radius 2 is 0.919 bits per heavy atom. The molecule has 9 aromatic rings. The fourth-order valence-electron chi connectivity index (χ4n) is 13.3. The lowest BCUT2D eigenvalue weighted by atomic mass is 9.97. The number of carbonyl (C=O) groups is 4. The molecule has 3 aliphatic heterocycles. The molecule has 522 valence electrons. The smallest absolute Gasteiger partial charge is 0.449 e. The van der Waals surface area contributed by atoms with Gasteiger partial charge in [-0.3, -0.25) is 38.9 Å². The van der Waals surface area contributed by atoms with Crippen LogP contribution < -0.4 is 9.47 Å². The molecule has 0 aliphatic carbocycles. The van der Waals surface area contributed by atoms with Gasteiger partial charge in [-0.25, -0.2) is 14.8 Å². The van der Waals surface area contributed by atoms with E-state index < -0.39 is 18.4 Å². The molecule has 12 rings (SSSR count). The zero-order chi connectivity index (χ0) is 70.3. The van der Waals surface area contributed by atoms with E-state index in [9.17, 15) is 37.5 Å². The van der Waals surface area contributed by atoms with E-state index in [1.54, 1.807) is 56.9 Å². The lowest BCUT2D eigenvalue weighted by Gasteiger charge is -2.30. The molecule has 0 atom stereocenters. The Labute approximate surface area is 584 Å². The standard InChI is InChI=1S/C26H25F3N4O2.C25H30ClN3O4.C24H28ClN3O3/c1-17-24(22(34)16-32-12-4-3-5-13-32)25-21(33(17)20-9-7-19(30-2)8-10-20)14-18(15-31-25)6-11-23(35)26(27,28)29;1-17-24(23(31)15-28-9-7-18(16-30)8-10-28)25-22(13-21(14-27-25)33-12-11-32-2)29(17)20-5-3-19(26)4-6-20;1-17-23(22(29)16-27-10-4-3-5-11-27)24-21(14-20(15-26-24)31-13-12-30-2)28(17)19-8-6-18(25)7-9-19/h7-10,14-15H,3-6,11-13,16H2,1H3;3-6,13-14,18,30H,7-12,15-16H2,1-2H3;6-9,14-15H,3-5,10-13,16H2,1-2H3. The summed E-state index contributed by atoms with van der Waals surface area (Å²) in [6.45, 7) is 21.3. The van der Waals surface area contributed by atoms with Crippen LogP contribution in [0, 0.1) is 33.3 Å². The molecule has 0 spiro atoms. The minimum absolute atomic E-state index is 0.0493. The van der Waals surface area contributed by atoms with Gasteiger partial charge in [-0.1, -0.05) is 48.2 Å². The Morgan fingerprint density at radius 3 is 1.29 bits per heavy atom. The summed E-state index contributed by atoms with van der Waals surface area (Å²) < 4.78 is 65.6. The summed E-state index contributed by atoms with van der Waals surface area (Å²) in [6, 6.07) is 27.6. The van der Waals surface area contributed by atoms with Crippen LogP contribution in [0.1, 0.15) is 112 Å². The summed E-state index contributed by atoms with van der Waals surface area (Å²) in [5, 5.41) is 10.7. The maximum absolute atomic E-state index is 13.5. The number of hydrogen-bond donors (Lipinski definition) is 1. The first-order valence-corrected chi connectivity index (χ1v) is 34.3. The van der Waals surface area contributed by atoms with E-state index in [-0.39, 0.29) is 36.9 Å². The molecule has 3 saturated heterocycles. The van der Waals surface area contributed by atoms with Crippen LogP contribution in [0.4, 0.5) is 18.9 Å². The van der Waals surface area contributed by atoms with Gasteiger partial charge in [0, 0.05) is 89.8 Å². The second-order valence-corrected chi connectivity index (χ2v) is 26.1. The maximum atomic E-state index is 13.5. The van der Waals surface area contributed by atoms with Crippen molar-refractivity contribution in [3.63, 3.8) is 0 Å².